The average Bonchev–Trinajstić information content (AvgIpc) is 3.53. The molecule has 1 fully saturated rings. The number of esters is 1. The van der Waals surface area contributed by atoms with Crippen molar-refractivity contribution in [3.63, 3.8) is 0 Å². The number of aliphatic imine (C=N–C) groups is 1. The fourth-order valence-corrected chi connectivity index (χ4v) is 3.78. The molecule has 1 aliphatic carbocycles. The molecule has 0 aliphatic heterocycles. The number of pyridine rings is 1. The van der Waals surface area contributed by atoms with Crippen molar-refractivity contribution in [2.45, 2.75) is 50.4 Å². The number of hydrogen-bond donors (Lipinski definition) is 1. The molecule has 0 spiro atoms. The summed E-state index contributed by atoms with van der Waals surface area (Å²) >= 11 is 5.94. The van der Waals surface area contributed by atoms with E-state index in [0.717, 1.165) is 18.5 Å². The Bertz CT molecular complexity index is 837. The number of amides is 1. The summed E-state index contributed by atoms with van der Waals surface area (Å²) in [6, 6.07) is 2.99. The zero-order chi connectivity index (χ0) is 23.0. The second-order valence-electron chi connectivity index (χ2n) is 7.61. The molecule has 0 bridgehead atoms. The fourth-order valence-electron chi connectivity index (χ4n) is 3.59. The number of nitrogens with two attached hydrogens (primary N) is 1. The summed E-state index contributed by atoms with van der Waals surface area (Å²) in [5, 5.41) is 0.478. The maximum Gasteiger partial charge on any atom is 0.328 e. The Hall–Kier alpha value is -2.28. The lowest BCUT2D eigenvalue weighted by atomic mass is 9.84. The lowest BCUT2D eigenvalue weighted by Gasteiger charge is -2.26. The van der Waals surface area contributed by atoms with Crippen molar-refractivity contribution < 1.29 is 14.3 Å². The molecule has 162 valence electrons. The molecule has 10 heteroatoms. The predicted octanol–water partition coefficient (Wildman–Crippen LogP) is 1.92. The van der Waals surface area contributed by atoms with Gasteiger partial charge in [-0.15, -0.1) is 0 Å². The van der Waals surface area contributed by atoms with E-state index < -0.39 is 18.0 Å². The summed E-state index contributed by atoms with van der Waals surface area (Å²) < 4.78 is 4.91. The Morgan fingerprint density at radius 3 is 2.84 bits per heavy atom. The number of carbonyl (C=O) groups excluding carboxylic acids is 2. The molecule has 31 heavy (non-hydrogen) atoms. The number of halogens is 1. The third-order valence-electron chi connectivity index (χ3n) is 5.50. The quantitative estimate of drug-likeness (QED) is 0.176. The lowest BCUT2D eigenvalue weighted by molar-refractivity contribution is -0.149. The van der Waals surface area contributed by atoms with Crippen LogP contribution in [-0.4, -0.2) is 69.8 Å². The Morgan fingerprint density at radius 2 is 2.26 bits per heavy atom. The average molecular weight is 441 g/mol. The standard InChI is InChI=1S/C21H27B2ClN4O3/c1-13-16(3-4-20(24)27-13)17-8-15(17)5-6-28(12-29)18(21(30)31-2)7-14(10-25)11-26-19(23)9-22/h3-4,10-12,15,17-19H,5-9,25H2,1-2H3/b14-10-,26-11+/t15-,17?,18?,19?/m1/s1. The third-order valence-corrected chi connectivity index (χ3v) is 5.71. The van der Waals surface area contributed by atoms with E-state index in [0.29, 0.717) is 35.5 Å². The van der Waals surface area contributed by atoms with Gasteiger partial charge in [0.15, 0.2) is 0 Å². The number of rotatable bonds is 12. The van der Waals surface area contributed by atoms with Crippen molar-refractivity contribution in [3.8, 4) is 0 Å². The zero-order valence-electron chi connectivity index (χ0n) is 17.9. The van der Waals surface area contributed by atoms with Gasteiger partial charge in [0.25, 0.3) is 0 Å². The minimum absolute atomic E-state index is 0.164. The summed E-state index contributed by atoms with van der Waals surface area (Å²) in [5.74, 6) is -0.283. The molecule has 0 saturated heterocycles. The van der Waals surface area contributed by atoms with Gasteiger partial charge in [-0.1, -0.05) is 24.0 Å². The molecule has 0 aromatic carbocycles. The van der Waals surface area contributed by atoms with Crippen LogP contribution in [0.4, 0.5) is 0 Å². The first kappa shape index (κ1) is 25.0. The highest BCUT2D eigenvalue weighted by molar-refractivity contribution is 6.29. The number of aromatic nitrogens is 1. The first-order valence-electron chi connectivity index (χ1n) is 10.2. The van der Waals surface area contributed by atoms with E-state index in [1.165, 1.54) is 30.0 Å². The van der Waals surface area contributed by atoms with E-state index in [2.05, 4.69) is 9.98 Å². The van der Waals surface area contributed by atoms with Crippen molar-refractivity contribution in [1.29, 1.82) is 0 Å². The normalized spacial score (nSPS) is 20.3. The van der Waals surface area contributed by atoms with Crippen molar-refractivity contribution in [1.82, 2.24) is 9.88 Å². The second-order valence-corrected chi connectivity index (χ2v) is 8.00. The molecule has 7 nitrogen and oxygen atoms in total. The minimum Gasteiger partial charge on any atom is -0.467 e. The molecule has 2 N–H and O–H groups in total. The molecule has 3 unspecified atom stereocenters. The summed E-state index contributed by atoms with van der Waals surface area (Å²) in [6.07, 6.45) is 5.59. The van der Waals surface area contributed by atoms with Gasteiger partial charge in [-0.05, 0) is 55.0 Å². The van der Waals surface area contributed by atoms with Crippen molar-refractivity contribution in [2.24, 2.45) is 16.6 Å². The number of nitrogens with zero attached hydrogens (tertiary/aromatic N) is 3. The van der Waals surface area contributed by atoms with Gasteiger partial charge < -0.3 is 20.4 Å². The minimum atomic E-state index is -0.811. The van der Waals surface area contributed by atoms with Gasteiger partial charge in [-0.3, -0.25) is 4.79 Å². The van der Waals surface area contributed by atoms with Gasteiger partial charge in [-0.25, -0.2) is 9.78 Å². The van der Waals surface area contributed by atoms with Crippen LogP contribution in [-0.2, 0) is 14.3 Å². The van der Waals surface area contributed by atoms with Gasteiger partial charge in [0.1, 0.15) is 19.0 Å². The molecule has 4 radical (unpaired) electrons. The molecule has 1 aromatic rings. The summed E-state index contributed by atoms with van der Waals surface area (Å²) in [4.78, 5) is 34.0. The second kappa shape index (κ2) is 11.9. The Kier molecular flexibility index (Phi) is 9.62. The molecule has 4 atom stereocenters. The van der Waals surface area contributed by atoms with Crippen molar-refractivity contribution in [2.75, 3.05) is 13.7 Å². The van der Waals surface area contributed by atoms with E-state index in [1.54, 1.807) is 6.07 Å². The first-order valence-corrected chi connectivity index (χ1v) is 10.5. The SMILES string of the molecule is [B]CC([B])/N=C/C(=C\N)CC(C(=O)OC)N(C=O)CC[C@@H]1CC1c1ccc(Cl)nc1C. The van der Waals surface area contributed by atoms with Crippen LogP contribution >= 0.6 is 11.6 Å². The van der Waals surface area contributed by atoms with Gasteiger partial charge >= 0.3 is 5.97 Å². The molecule has 1 amide bonds. The van der Waals surface area contributed by atoms with Crippen LogP contribution in [0.15, 0.2) is 28.9 Å². The molecule has 2 rings (SSSR count). The van der Waals surface area contributed by atoms with Crippen LogP contribution in [0.1, 0.15) is 36.4 Å². The van der Waals surface area contributed by atoms with E-state index >= 15 is 0 Å². The number of hydrogen-bond acceptors (Lipinski definition) is 6. The van der Waals surface area contributed by atoms with Crippen LogP contribution in [0.25, 0.3) is 0 Å². The van der Waals surface area contributed by atoms with Gasteiger partial charge in [0.2, 0.25) is 6.41 Å². The van der Waals surface area contributed by atoms with Crippen LogP contribution in [0.3, 0.4) is 0 Å². The van der Waals surface area contributed by atoms with Crippen molar-refractivity contribution in [3.05, 3.63) is 40.3 Å². The summed E-state index contributed by atoms with van der Waals surface area (Å²) in [7, 11) is 12.4. The monoisotopic (exact) mass is 440 g/mol. The number of aryl methyl sites for hydroxylation is 1. The Morgan fingerprint density at radius 1 is 1.52 bits per heavy atom. The topological polar surface area (TPSA) is 97.9 Å². The first-order chi connectivity index (χ1) is 14.8. The fraction of sp³-hybridized carbons (Fsp3) is 0.524. The number of methoxy groups -OCH3 is 1. The van der Waals surface area contributed by atoms with Crippen molar-refractivity contribution >= 4 is 45.9 Å². The molecular weight excluding hydrogens is 413 g/mol. The molecule has 1 heterocycles. The van der Waals surface area contributed by atoms with Crippen LogP contribution in [0.2, 0.25) is 11.5 Å². The highest BCUT2D eigenvalue weighted by Gasteiger charge is 2.40. The zero-order valence-corrected chi connectivity index (χ0v) is 18.7. The van der Waals surface area contributed by atoms with E-state index in [9.17, 15) is 9.59 Å². The Balaban J connectivity index is 2.02. The lowest BCUT2D eigenvalue weighted by Crippen LogP contribution is -2.42. The van der Waals surface area contributed by atoms with Gasteiger partial charge in [-0.2, -0.15) is 0 Å². The highest BCUT2D eigenvalue weighted by Crippen LogP contribution is 2.50. The van der Waals surface area contributed by atoms with Gasteiger partial charge in [0.05, 0.1) is 15.0 Å². The van der Waals surface area contributed by atoms with E-state index in [-0.39, 0.29) is 12.7 Å². The maximum atomic E-state index is 12.4. The summed E-state index contributed by atoms with van der Waals surface area (Å²) in [6.45, 7) is 2.36. The van der Waals surface area contributed by atoms with Crippen LogP contribution < -0.4 is 5.73 Å². The van der Waals surface area contributed by atoms with E-state index in [4.69, 9.17) is 37.8 Å². The Labute approximate surface area is 191 Å². The van der Waals surface area contributed by atoms with Gasteiger partial charge in [0, 0.05) is 30.8 Å². The molecular formula is C21H27B2ClN4O3. The number of ether oxygens (including phenoxy) is 1. The largest absolute Gasteiger partial charge is 0.467 e. The maximum absolute atomic E-state index is 12.4. The molecule has 1 aromatic heterocycles. The molecule has 1 saturated carbocycles. The summed E-state index contributed by atoms with van der Waals surface area (Å²) in [5.41, 5.74) is 8.33. The number of carbonyl (C=O) groups is 2. The van der Waals surface area contributed by atoms with Crippen LogP contribution in [0, 0.1) is 12.8 Å². The predicted molar refractivity (Wildman–Crippen MR) is 124 cm³/mol. The smallest absolute Gasteiger partial charge is 0.328 e. The van der Waals surface area contributed by atoms with E-state index in [1.807, 2.05) is 13.0 Å². The highest BCUT2D eigenvalue weighted by atomic mass is 35.5. The third kappa shape index (κ3) is 7.13. The molecule has 1 aliphatic rings. The van der Waals surface area contributed by atoms with Crippen LogP contribution in [0.5, 0.6) is 0 Å².